The van der Waals surface area contributed by atoms with Crippen LogP contribution in [0.1, 0.15) is 25.0 Å². The van der Waals surface area contributed by atoms with Crippen LogP contribution in [0.25, 0.3) is 0 Å². The number of rotatable bonds is 4. The van der Waals surface area contributed by atoms with Crippen LogP contribution in [0.4, 0.5) is 11.4 Å². The third-order valence-corrected chi connectivity index (χ3v) is 5.24. The summed E-state index contributed by atoms with van der Waals surface area (Å²) in [6.45, 7) is 3.63. The number of hydrogen-bond acceptors (Lipinski definition) is 3. The Hall–Kier alpha value is -2.34. The lowest BCUT2D eigenvalue weighted by Crippen LogP contribution is -2.27. The Balaban J connectivity index is 1.84. The minimum Gasteiger partial charge on any atom is -0.325 e. The van der Waals surface area contributed by atoms with Crippen LogP contribution < -0.4 is 10.0 Å². The number of amides is 1. The van der Waals surface area contributed by atoms with E-state index in [-0.39, 0.29) is 11.7 Å². The molecule has 0 unspecified atom stereocenters. The van der Waals surface area contributed by atoms with Gasteiger partial charge < -0.3 is 5.32 Å². The number of anilines is 2. The first-order valence-corrected chi connectivity index (χ1v) is 8.93. The molecule has 5 nitrogen and oxygen atoms in total. The first kappa shape index (κ1) is 15.6. The van der Waals surface area contributed by atoms with Gasteiger partial charge in [0.15, 0.2) is 0 Å². The molecule has 1 aliphatic heterocycles. The highest BCUT2D eigenvalue weighted by Crippen LogP contribution is 2.38. The van der Waals surface area contributed by atoms with E-state index >= 15 is 0 Å². The molecule has 23 heavy (non-hydrogen) atoms. The molecule has 2 N–H and O–H groups in total. The summed E-state index contributed by atoms with van der Waals surface area (Å²) in [6, 6.07) is 14.1. The van der Waals surface area contributed by atoms with Gasteiger partial charge in [0.25, 0.3) is 0 Å². The Morgan fingerprint density at radius 1 is 1.09 bits per heavy atom. The maximum atomic E-state index is 12.3. The number of benzene rings is 2. The average molecular weight is 330 g/mol. The van der Waals surface area contributed by atoms with E-state index in [0.29, 0.717) is 5.69 Å². The molecular weight excluding hydrogens is 312 g/mol. The van der Waals surface area contributed by atoms with E-state index in [1.54, 1.807) is 42.5 Å². The second-order valence-electron chi connectivity index (χ2n) is 6.19. The molecule has 1 amide bonds. The molecule has 1 aliphatic rings. The molecule has 2 aromatic carbocycles. The molecule has 2 aromatic rings. The zero-order valence-electron chi connectivity index (χ0n) is 13.0. The van der Waals surface area contributed by atoms with Crippen LogP contribution in [0.3, 0.4) is 0 Å². The zero-order chi connectivity index (χ0) is 16.7. The topological polar surface area (TPSA) is 75.3 Å². The van der Waals surface area contributed by atoms with Gasteiger partial charge in [-0.25, -0.2) is 8.42 Å². The third-order valence-electron chi connectivity index (χ3n) is 3.98. The zero-order valence-corrected chi connectivity index (χ0v) is 13.8. The maximum Gasteiger partial charge on any atom is 0.236 e. The molecule has 0 saturated heterocycles. The summed E-state index contributed by atoms with van der Waals surface area (Å²) in [5.74, 6) is -0.178. The summed E-state index contributed by atoms with van der Waals surface area (Å²) < 4.78 is 27.2. The predicted octanol–water partition coefficient (Wildman–Crippen LogP) is 2.86. The molecule has 1 heterocycles. The molecule has 6 heteroatoms. The fourth-order valence-electron chi connectivity index (χ4n) is 2.64. The predicted molar refractivity (Wildman–Crippen MR) is 90.8 cm³/mol. The van der Waals surface area contributed by atoms with E-state index in [9.17, 15) is 13.2 Å². The Bertz CT molecular complexity index is 859. The van der Waals surface area contributed by atoms with Crippen LogP contribution in [-0.4, -0.2) is 14.3 Å². The summed E-state index contributed by atoms with van der Waals surface area (Å²) in [6.07, 6.45) is 0. The number of carbonyl (C=O) groups is 1. The largest absolute Gasteiger partial charge is 0.325 e. The van der Waals surface area contributed by atoms with Crippen LogP contribution in [0.5, 0.6) is 0 Å². The molecule has 3 rings (SSSR count). The highest BCUT2D eigenvalue weighted by molar-refractivity contribution is 7.91. The van der Waals surface area contributed by atoms with Crippen LogP contribution in [0.15, 0.2) is 48.5 Å². The molecule has 0 aromatic heterocycles. The van der Waals surface area contributed by atoms with Gasteiger partial charge in [0.05, 0.1) is 11.2 Å². The van der Waals surface area contributed by atoms with Crippen molar-refractivity contribution in [3.8, 4) is 0 Å². The second kappa shape index (κ2) is 5.38. The molecular formula is C17H18N2O3S. The first-order valence-electron chi connectivity index (χ1n) is 7.28. The minimum atomic E-state index is -3.51. The Morgan fingerprint density at radius 2 is 1.78 bits per heavy atom. The average Bonchev–Trinajstić information content (AvgIpc) is 2.70. The Labute approximate surface area is 135 Å². The summed E-state index contributed by atoms with van der Waals surface area (Å²) >= 11 is 0. The van der Waals surface area contributed by atoms with Crippen LogP contribution >= 0.6 is 0 Å². The fraction of sp³-hybridized carbons (Fsp3) is 0.235. The number of nitrogens with one attached hydrogen (secondary N) is 2. The monoisotopic (exact) mass is 330 g/mol. The molecule has 0 saturated carbocycles. The van der Waals surface area contributed by atoms with Gasteiger partial charge in [-0.05, 0) is 43.2 Å². The maximum absolute atomic E-state index is 12.3. The van der Waals surface area contributed by atoms with Gasteiger partial charge in [-0.15, -0.1) is 0 Å². The van der Waals surface area contributed by atoms with Gasteiger partial charge in [0, 0.05) is 11.4 Å². The SMILES string of the molecule is CC1(C)C(=O)Nc2ccc(NS(=O)(=O)Cc3ccccc3)cc21. The molecule has 0 fully saturated rings. The molecule has 0 spiro atoms. The lowest BCUT2D eigenvalue weighted by Gasteiger charge is -2.16. The summed E-state index contributed by atoms with van der Waals surface area (Å²) in [7, 11) is -3.51. The smallest absolute Gasteiger partial charge is 0.236 e. The van der Waals surface area contributed by atoms with Crippen molar-refractivity contribution < 1.29 is 13.2 Å². The van der Waals surface area contributed by atoms with Crippen molar-refractivity contribution in [1.82, 2.24) is 0 Å². The number of hydrogen-bond donors (Lipinski definition) is 2. The van der Waals surface area contributed by atoms with E-state index in [2.05, 4.69) is 10.0 Å². The number of carbonyl (C=O) groups excluding carboxylic acids is 1. The summed E-state index contributed by atoms with van der Waals surface area (Å²) in [5.41, 5.74) is 2.03. The van der Waals surface area contributed by atoms with E-state index in [0.717, 1.165) is 16.8 Å². The lowest BCUT2D eigenvalue weighted by molar-refractivity contribution is -0.119. The Kier molecular flexibility index (Phi) is 3.64. The van der Waals surface area contributed by atoms with Gasteiger partial charge in [-0.2, -0.15) is 0 Å². The van der Waals surface area contributed by atoms with E-state index in [4.69, 9.17) is 0 Å². The standard InChI is InChI=1S/C17H18N2O3S/c1-17(2)14-10-13(8-9-15(14)18-16(17)20)19-23(21,22)11-12-6-4-3-5-7-12/h3-10,19H,11H2,1-2H3,(H,18,20). The minimum absolute atomic E-state index is 0.0863. The molecule has 120 valence electrons. The van der Waals surface area contributed by atoms with Crippen LogP contribution in [-0.2, 0) is 26.0 Å². The van der Waals surface area contributed by atoms with Crippen molar-refractivity contribution in [2.75, 3.05) is 10.0 Å². The molecule has 0 bridgehead atoms. The van der Waals surface area contributed by atoms with Crippen molar-refractivity contribution in [2.24, 2.45) is 0 Å². The highest BCUT2D eigenvalue weighted by atomic mass is 32.2. The summed E-state index contributed by atoms with van der Waals surface area (Å²) in [5, 5.41) is 2.80. The van der Waals surface area contributed by atoms with Crippen molar-refractivity contribution in [3.63, 3.8) is 0 Å². The van der Waals surface area contributed by atoms with Gasteiger partial charge >= 0.3 is 0 Å². The van der Waals surface area contributed by atoms with Gasteiger partial charge in [0.2, 0.25) is 15.9 Å². The fourth-order valence-corrected chi connectivity index (χ4v) is 3.83. The number of sulfonamides is 1. The van der Waals surface area contributed by atoms with Crippen molar-refractivity contribution in [1.29, 1.82) is 0 Å². The summed E-state index contributed by atoms with van der Waals surface area (Å²) in [4.78, 5) is 11.9. The van der Waals surface area contributed by atoms with Gasteiger partial charge in [-0.3, -0.25) is 9.52 Å². The van der Waals surface area contributed by atoms with Crippen molar-refractivity contribution >= 4 is 27.3 Å². The quantitative estimate of drug-likeness (QED) is 0.905. The van der Waals surface area contributed by atoms with E-state index in [1.165, 1.54) is 0 Å². The first-order chi connectivity index (χ1) is 10.8. The van der Waals surface area contributed by atoms with E-state index in [1.807, 2.05) is 19.9 Å². The molecule has 0 aliphatic carbocycles. The lowest BCUT2D eigenvalue weighted by atomic mass is 9.86. The van der Waals surface area contributed by atoms with E-state index < -0.39 is 15.4 Å². The molecule has 0 atom stereocenters. The second-order valence-corrected chi connectivity index (χ2v) is 7.91. The van der Waals surface area contributed by atoms with Crippen molar-refractivity contribution in [3.05, 3.63) is 59.7 Å². The molecule has 0 radical (unpaired) electrons. The normalized spacial score (nSPS) is 15.8. The van der Waals surface area contributed by atoms with Gasteiger partial charge in [0.1, 0.15) is 0 Å². The number of fused-ring (bicyclic) bond motifs is 1. The van der Waals surface area contributed by atoms with Crippen LogP contribution in [0, 0.1) is 0 Å². The third kappa shape index (κ3) is 3.07. The Morgan fingerprint density at radius 3 is 2.48 bits per heavy atom. The van der Waals surface area contributed by atoms with Crippen molar-refractivity contribution in [2.45, 2.75) is 25.0 Å². The van der Waals surface area contributed by atoms with Gasteiger partial charge in [-0.1, -0.05) is 30.3 Å². The highest BCUT2D eigenvalue weighted by Gasteiger charge is 2.38. The van der Waals surface area contributed by atoms with Crippen LogP contribution in [0.2, 0.25) is 0 Å².